The maximum Gasteiger partial charge on any atom is 0.258 e. The van der Waals surface area contributed by atoms with Crippen LogP contribution < -0.4 is 5.56 Å². The first-order chi connectivity index (χ1) is 10.0. The van der Waals surface area contributed by atoms with Gasteiger partial charge in [-0.2, -0.15) is 0 Å². The second-order valence-corrected chi connectivity index (χ2v) is 6.06. The highest BCUT2D eigenvalue weighted by molar-refractivity contribution is 6.31. The fourth-order valence-electron chi connectivity index (χ4n) is 2.86. The third kappa shape index (κ3) is 3.26. The van der Waals surface area contributed by atoms with Gasteiger partial charge in [0.1, 0.15) is 5.82 Å². The SMILES string of the molecule is C[C@@H]1CN(Cc2nc3ccc(Cl)cc3c(=O)[nH]2)C[C@H](C)O1. The lowest BCUT2D eigenvalue weighted by Crippen LogP contribution is -2.45. The van der Waals surface area contributed by atoms with Crippen molar-refractivity contribution in [2.45, 2.75) is 32.6 Å². The van der Waals surface area contributed by atoms with Gasteiger partial charge in [0.05, 0.1) is 29.7 Å². The maximum absolute atomic E-state index is 12.1. The number of aromatic amines is 1. The van der Waals surface area contributed by atoms with E-state index in [9.17, 15) is 4.79 Å². The Hall–Kier alpha value is -1.43. The van der Waals surface area contributed by atoms with Crippen LogP contribution in [0.4, 0.5) is 0 Å². The summed E-state index contributed by atoms with van der Waals surface area (Å²) in [4.78, 5) is 21.7. The van der Waals surface area contributed by atoms with Crippen molar-refractivity contribution < 1.29 is 4.74 Å². The van der Waals surface area contributed by atoms with E-state index >= 15 is 0 Å². The minimum atomic E-state index is -0.146. The Morgan fingerprint density at radius 3 is 2.81 bits per heavy atom. The molecular formula is C15H18ClN3O2. The van der Waals surface area contributed by atoms with Gasteiger partial charge >= 0.3 is 0 Å². The molecule has 3 rings (SSSR count). The first-order valence-corrected chi connectivity index (χ1v) is 7.45. The molecule has 5 nitrogen and oxygen atoms in total. The zero-order valence-electron chi connectivity index (χ0n) is 12.1. The molecule has 0 spiro atoms. The Bertz CT molecular complexity index is 706. The van der Waals surface area contributed by atoms with Crippen LogP contribution >= 0.6 is 11.6 Å². The second kappa shape index (κ2) is 5.75. The Morgan fingerprint density at radius 2 is 2.10 bits per heavy atom. The molecule has 1 aromatic heterocycles. The number of aromatic nitrogens is 2. The van der Waals surface area contributed by atoms with Crippen molar-refractivity contribution in [3.05, 3.63) is 39.4 Å². The number of nitrogens with zero attached hydrogens (tertiary/aromatic N) is 2. The molecule has 0 radical (unpaired) electrons. The molecule has 1 aliphatic rings. The van der Waals surface area contributed by atoms with E-state index in [1.54, 1.807) is 18.2 Å². The summed E-state index contributed by atoms with van der Waals surface area (Å²) >= 11 is 5.92. The minimum Gasteiger partial charge on any atom is -0.373 e. The monoisotopic (exact) mass is 307 g/mol. The van der Waals surface area contributed by atoms with Gasteiger partial charge in [-0.15, -0.1) is 0 Å². The third-order valence-corrected chi connectivity index (χ3v) is 3.82. The molecule has 0 saturated carbocycles. The second-order valence-electron chi connectivity index (χ2n) is 5.63. The van der Waals surface area contributed by atoms with Crippen molar-refractivity contribution in [1.82, 2.24) is 14.9 Å². The van der Waals surface area contributed by atoms with Crippen LogP contribution in [0.5, 0.6) is 0 Å². The van der Waals surface area contributed by atoms with Crippen LogP contribution in [-0.4, -0.2) is 40.2 Å². The van der Waals surface area contributed by atoms with Gasteiger partial charge in [-0.25, -0.2) is 4.98 Å². The predicted molar refractivity (Wildman–Crippen MR) is 82.7 cm³/mol. The fraction of sp³-hybridized carbons (Fsp3) is 0.467. The number of halogens is 1. The zero-order chi connectivity index (χ0) is 15.0. The molecule has 2 heterocycles. The molecular weight excluding hydrogens is 290 g/mol. The summed E-state index contributed by atoms with van der Waals surface area (Å²) < 4.78 is 5.71. The first kappa shape index (κ1) is 14.5. The summed E-state index contributed by atoms with van der Waals surface area (Å²) in [5.41, 5.74) is 0.527. The lowest BCUT2D eigenvalue weighted by molar-refractivity contribution is -0.0710. The molecule has 1 fully saturated rings. The maximum atomic E-state index is 12.1. The van der Waals surface area contributed by atoms with E-state index in [1.165, 1.54) is 0 Å². The Balaban J connectivity index is 1.87. The molecule has 1 aliphatic heterocycles. The van der Waals surface area contributed by atoms with Crippen molar-refractivity contribution in [2.75, 3.05) is 13.1 Å². The highest BCUT2D eigenvalue weighted by Crippen LogP contribution is 2.16. The summed E-state index contributed by atoms with van der Waals surface area (Å²) in [7, 11) is 0. The smallest absolute Gasteiger partial charge is 0.258 e. The Morgan fingerprint density at radius 1 is 1.38 bits per heavy atom. The van der Waals surface area contributed by atoms with Crippen molar-refractivity contribution in [1.29, 1.82) is 0 Å². The summed E-state index contributed by atoms with van der Waals surface area (Å²) in [5.74, 6) is 0.677. The fourth-order valence-corrected chi connectivity index (χ4v) is 3.03. The number of fused-ring (bicyclic) bond motifs is 1. The number of hydrogen-bond acceptors (Lipinski definition) is 4. The van der Waals surface area contributed by atoms with Crippen molar-refractivity contribution >= 4 is 22.5 Å². The highest BCUT2D eigenvalue weighted by atomic mass is 35.5. The number of hydrogen-bond donors (Lipinski definition) is 1. The van der Waals surface area contributed by atoms with Gasteiger partial charge in [-0.3, -0.25) is 9.69 Å². The van der Waals surface area contributed by atoms with Gasteiger partial charge in [0.25, 0.3) is 5.56 Å². The van der Waals surface area contributed by atoms with Gasteiger partial charge in [-0.05, 0) is 32.0 Å². The molecule has 0 aliphatic carbocycles. The number of ether oxygens (including phenoxy) is 1. The summed E-state index contributed by atoms with van der Waals surface area (Å²) in [6.45, 7) is 6.41. The average molecular weight is 308 g/mol. The van der Waals surface area contributed by atoms with Crippen LogP contribution in [-0.2, 0) is 11.3 Å². The molecule has 0 unspecified atom stereocenters. The van der Waals surface area contributed by atoms with E-state index in [2.05, 4.69) is 28.7 Å². The predicted octanol–water partition coefficient (Wildman–Crippen LogP) is 2.19. The number of H-pyrrole nitrogens is 1. The van der Waals surface area contributed by atoms with Gasteiger partial charge in [-0.1, -0.05) is 11.6 Å². The van der Waals surface area contributed by atoms with E-state index in [4.69, 9.17) is 16.3 Å². The van der Waals surface area contributed by atoms with Crippen LogP contribution in [0.1, 0.15) is 19.7 Å². The van der Waals surface area contributed by atoms with E-state index in [1.807, 2.05) is 0 Å². The van der Waals surface area contributed by atoms with Crippen molar-refractivity contribution in [3.63, 3.8) is 0 Å². The summed E-state index contributed by atoms with van der Waals surface area (Å²) in [6.07, 6.45) is 0.388. The molecule has 2 atom stereocenters. The largest absolute Gasteiger partial charge is 0.373 e. The van der Waals surface area contributed by atoms with E-state index in [-0.39, 0.29) is 17.8 Å². The number of benzene rings is 1. The summed E-state index contributed by atoms with van der Waals surface area (Å²) in [6, 6.07) is 5.17. The molecule has 0 bridgehead atoms. The average Bonchev–Trinajstić information content (AvgIpc) is 2.38. The van der Waals surface area contributed by atoms with Gasteiger partial charge in [0.2, 0.25) is 0 Å². The zero-order valence-corrected chi connectivity index (χ0v) is 12.9. The summed E-state index contributed by atoms with van der Waals surface area (Å²) in [5, 5.41) is 1.06. The Kier molecular flexibility index (Phi) is 3.97. The van der Waals surface area contributed by atoms with E-state index < -0.39 is 0 Å². The van der Waals surface area contributed by atoms with Crippen LogP contribution in [0, 0.1) is 0 Å². The highest BCUT2D eigenvalue weighted by Gasteiger charge is 2.22. The first-order valence-electron chi connectivity index (χ1n) is 7.07. The molecule has 6 heteroatoms. The molecule has 1 saturated heterocycles. The normalized spacial score (nSPS) is 23.6. The van der Waals surface area contributed by atoms with E-state index in [0.29, 0.717) is 28.3 Å². The van der Waals surface area contributed by atoms with Crippen LogP contribution in [0.3, 0.4) is 0 Å². The number of rotatable bonds is 2. The standard InChI is InChI=1S/C15H18ClN3O2/c1-9-6-19(7-10(2)21-9)8-14-17-13-4-3-11(16)5-12(13)15(20)18-14/h3-5,9-10H,6-8H2,1-2H3,(H,17,18,20)/t9-,10+. The Labute approximate surface area is 127 Å². The molecule has 1 N–H and O–H groups in total. The third-order valence-electron chi connectivity index (χ3n) is 3.59. The number of nitrogens with one attached hydrogen (secondary N) is 1. The molecule has 0 amide bonds. The molecule has 21 heavy (non-hydrogen) atoms. The topological polar surface area (TPSA) is 58.2 Å². The van der Waals surface area contributed by atoms with Crippen molar-refractivity contribution in [3.8, 4) is 0 Å². The van der Waals surface area contributed by atoms with Gasteiger partial charge in [0, 0.05) is 18.1 Å². The van der Waals surface area contributed by atoms with Gasteiger partial charge < -0.3 is 9.72 Å². The minimum absolute atomic E-state index is 0.146. The number of morpholine rings is 1. The molecule has 1 aromatic carbocycles. The van der Waals surface area contributed by atoms with Crippen molar-refractivity contribution in [2.24, 2.45) is 0 Å². The van der Waals surface area contributed by atoms with E-state index in [0.717, 1.165) is 13.1 Å². The molecule has 112 valence electrons. The quantitative estimate of drug-likeness (QED) is 0.924. The lowest BCUT2D eigenvalue weighted by atomic mass is 10.2. The van der Waals surface area contributed by atoms with Gasteiger partial charge in [0.15, 0.2) is 0 Å². The molecule has 2 aromatic rings. The van der Waals surface area contributed by atoms with Crippen LogP contribution in [0.15, 0.2) is 23.0 Å². The van der Waals surface area contributed by atoms with Crippen LogP contribution in [0.25, 0.3) is 10.9 Å². The lowest BCUT2D eigenvalue weighted by Gasteiger charge is -2.34. The van der Waals surface area contributed by atoms with Crippen LogP contribution in [0.2, 0.25) is 5.02 Å².